The molecule has 61 heavy (non-hydrogen) atoms. The molecule has 0 bridgehead atoms. The van der Waals surface area contributed by atoms with Gasteiger partial charge in [0.25, 0.3) is 11.1 Å². The van der Waals surface area contributed by atoms with Gasteiger partial charge in [-0.05, 0) is 78.9 Å². The average molecular weight is 877 g/mol. The zero-order valence-electron chi connectivity index (χ0n) is 34.6. The van der Waals surface area contributed by atoms with E-state index in [9.17, 15) is 23.7 Å². The van der Waals surface area contributed by atoms with Gasteiger partial charge >= 0.3 is 18.2 Å². The fourth-order valence-electron chi connectivity index (χ4n) is 7.80. The van der Waals surface area contributed by atoms with Crippen LogP contribution in [0.25, 0.3) is 0 Å². The number of nitrogens with one attached hydrogen (secondary N) is 2. The summed E-state index contributed by atoms with van der Waals surface area (Å²) in [5.41, 5.74) is -0.691. The number of aromatic amines is 2. The van der Waals surface area contributed by atoms with Crippen LogP contribution in [-0.2, 0) is 33.4 Å². The van der Waals surface area contributed by atoms with Gasteiger partial charge in [-0.25, -0.2) is 14.2 Å². The Hall–Kier alpha value is -5.00. The summed E-state index contributed by atoms with van der Waals surface area (Å²) in [5.74, 6) is 1.28. The molecule has 2 fully saturated rings. The van der Waals surface area contributed by atoms with Gasteiger partial charge in [0, 0.05) is 36.4 Å². The molecule has 2 N–H and O–H groups in total. The zero-order valence-corrected chi connectivity index (χ0v) is 36.3. The Morgan fingerprint density at radius 1 is 0.721 bits per heavy atom. The van der Waals surface area contributed by atoms with Crippen molar-refractivity contribution in [2.24, 2.45) is 0 Å². The predicted molar refractivity (Wildman–Crippen MR) is 229 cm³/mol. The predicted octanol–water partition coefficient (Wildman–Crippen LogP) is 5.96. The van der Waals surface area contributed by atoms with Gasteiger partial charge in [0.15, 0.2) is 0 Å². The van der Waals surface area contributed by atoms with E-state index in [0.717, 1.165) is 28.1 Å². The van der Waals surface area contributed by atoms with E-state index in [1.54, 1.807) is 34.3 Å². The second-order valence-electron chi connectivity index (χ2n) is 14.8. The molecule has 2 aromatic heterocycles. The van der Waals surface area contributed by atoms with Crippen LogP contribution in [0.2, 0.25) is 0 Å². The van der Waals surface area contributed by atoms with Gasteiger partial charge < -0.3 is 23.7 Å². The lowest BCUT2D eigenvalue weighted by Gasteiger charge is -2.39. The van der Waals surface area contributed by atoms with E-state index in [1.165, 1.54) is 21.5 Å². The Morgan fingerprint density at radius 3 is 1.67 bits per heavy atom. The van der Waals surface area contributed by atoms with Crippen molar-refractivity contribution in [3.8, 4) is 11.5 Å². The number of methoxy groups -OCH3 is 2. The average Bonchev–Trinajstić information content (AvgIpc) is 3.87. The summed E-state index contributed by atoms with van der Waals surface area (Å²) in [5, 5.41) is 0. The molecule has 7 atom stereocenters. The maximum Gasteiger partial charge on any atom is 0.389 e. The Kier molecular flexibility index (Phi) is 13.4. The lowest BCUT2D eigenvalue weighted by Crippen LogP contribution is -2.41. The molecule has 0 amide bonds. The van der Waals surface area contributed by atoms with E-state index in [4.69, 9.17) is 32.7 Å². The number of rotatable bonds is 16. The maximum absolute atomic E-state index is 14.6. The number of hydrogen-bond acceptors (Lipinski definition) is 13. The number of nitrogens with zero attached hydrogens (tertiary/aromatic N) is 2. The minimum atomic E-state index is -3.97. The third-order valence-electron chi connectivity index (χ3n) is 11.1. The second kappa shape index (κ2) is 18.5. The third-order valence-corrected chi connectivity index (χ3v) is 14.4. The largest absolute Gasteiger partial charge is 0.497 e. The first-order valence-corrected chi connectivity index (χ1v) is 23.1. The molecule has 0 radical (unpaired) electrons. The molecule has 0 aliphatic carbocycles. The van der Waals surface area contributed by atoms with Crippen molar-refractivity contribution >= 4 is 18.2 Å². The first-order valence-electron chi connectivity index (χ1n) is 19.8. The van der Waals surface area contributed by atoms with Gasteiger partial charge in [0.05, 0.1) is 39.1 Å². The molecule has 0 spiro atoms. The van der Waals surface area contributed by atoms with E-state index >= 15 is 0 Å². The van der Waals surface area contributed by atoms with Crippen LogP contribution >= 0.6 is 18.2 Å². The number of benzene rings is 3. The van der Waals surface area contributed by atoms with Crippen LogP contribution in [0.4, 0.5) is 0 Å². The van der Waals surface area contributed by atoms with Crippen LogP contribution in [0.5, 0.6) is 11.5 Å². The molecule has 4 heterocycles. The van der Waals surface area contributed by atoms with E-state index in [0.29, 0.717) is 29.0 Å². The summed E-state index contributed by atoms with van der Waals surface area (Å²) in [7, 11) is 3.18. The fourth-order valence-corrected chi connectivity index (χ4v) is 10.0. The van der Waals surface area contributed by atoms with E-state index in [1.807, 2.05) is 85.8 Å². The number of ether oxygens (including phenoxy) is 5. The van der Waals surface area contributed by atoms with Gasteiger partial charge in [0.1, 0.15) is 35.7 Å². The van der Waals surface area contributed by atoms with Crippen molar-refractivity contribution in [3.63, 3.8) is 0 Å². The van der Waals surface area contributed by atoms with Crippen LogP contribution in [0.15, 0.2) is 110 Å². The summed E-state index contributed by atoms with van der Waals surface area (Å²) in [6.07, 6.45) is 0.453. The summed E-state index contributed by atoms with van der Waals surface area (Å²) >= 11 is 0.899. The Labute approximate surface area is 355 Å². The highest BCUT2D eigenvalue weighted by atomic mass is 32.7. The van der Waals surface area contributed by atoms with Gasteiger partial charge in [-0.2, -0.15) is 0 Å². The molecule has 3 aromatic carbocycles. The quantitative estimate of drug-likeness (QED) is 0.0874. The SMILES string of the molecule is CC[C@H]1O[C@@H](n2cc(C)c(=O)[nH]c2=O)CC1OP(=O)(OC[C@H]1O[C@@H](n2cc(C)c(=O)[nH]c2=O)CC1OC(c1ccccc1)(c1ccc(OC)cc1)c1ccc(OC)cc1)SC. The van der Waals surface area contributed by atoms with Crippen molar-refractivity contribution in [2.75, 3.05) is 27.1 Å². The van der Waals surface area contributed by atoms with Gasteiger partial charge in [0.2, 0.25) is 0 Å². The summed E-state index contributed by atoms with van der Waals surface area (Å²) < 4.78 is 60.9. The van der Waals surface area contributed by atoms with Crippen LogP contribution < -0.4 is 32.0 Å². The summed E-state index contributed by atoms with van der Waals surface area (Å²) in [6, 6.07) is 24.7. The van der Waals surface area contributed by atoms with Crippen molar-refractivity contribution in [1.29, 1.82) is 0 Å². The minimum absolute atomic E-state index is 0.119. The smallest absolute Gasteiger partial charge is 0.389 e. The summed E-state index contributed by atoms with van der Waals surface area (Å²) in [4.78, 5) is 55.1. The Bertz CT molecular complexity index is 2550. The lowest BCUT2D eigenvalue weighted by atomic mass is 9.79. The van der Waals surface area contributed by atoms with Crippen molar-refractivity contribution < 1.29 is 37.3 Å². The molecule has 7 rings (SSSR count). The van der Waals surface area contributed by atoms with E-state index in [2.05, 4.69) is 9.97 Å². The van der Waals surface area contributed by atoms with Gasteiger partial charge in [-0.15, -0.1) is 0 Å². The highest BCUT2D eigenvalue weighted by Crippen LogP contribution is 2.62. The maximum atomic E-state index is 14.6. The topological polar surface area (TPSA) is 191 Å². The molecule has 2 aliphatic rings. The van der Waals surface area contributed by atoms with Crippen molar-refractivity contribution in [3.05, 3.63) is 161 Å². The number of H-pyrrole nitrogens is 2. The van der Waals surface area contributed by atoms with Crippen LogP contribution in [-0.4, -0.2) is 70.6 Å². The van der Waals surface area contributed by atoms with Gasteiger partial charge in [-0.3, -0.25) is 37.7 Å². The normalized spacial score (nSPS) is 22.5. The molecular formula is C43H49N4O12PS. The zero-order chi connectivity index (χ0) is 43.5. The molecule has 16 nitrogen and oxygen atoms in total. The van der Waals surface area contributed by atoms with E-state index < -0.39 is 71.8 Å². The molecule has 0 saturated carbocycles. The monoisotopic (exact) mass is 876 g/mol. The minimum Gasteiger partial charge on any atom is -0.497 e. The molecule has 18 heteroatoms. The van der Waals surface area contributed by atoms with Gasteiger partial charge in [-0.1, -0.05) is 61.5 Å². The second-order valence-corrected chi connectivity index (χ2v) is 19.0. The first-order chi connectivity index (χ1) is 29.3. The molecule has 324 valence electrons. The van der Waals surface area contributed by atoms with Crippen molar-refractivity contribution in [1.82, 2.24) is 19.1 Å². The molecule has 2 aliphatic heterocycles. The van der Waals surface area contributed by atoms with Crippen LogP contribution in [0.3, 0.4) is 0 Å². The Morgan fingerprint density at radius 2 is 1.20 bits per heavy atom. The van der Waals surface area contributed by atoms with Crippen LogP contribution in [0, 0.1) is 13.8 Å². The van der Waals surface area contributed by atoms with Crippen LogP contribution in [0.1, 0.15) is 66.5 Å². The number of aryl methyl sites for hydroxylation is 2. The molecular weight excluding hydrogens is 828 g/mol. The van der Waals surface area contributed by atoms with Crippen molar-refractivity contribution in [2.45, 2.75) is 82.5 Å². The molecule has 3 unspecified atom stereocenters. The first kappa shape index (κ1) is 44.1. The lowest BCUT2D eigenvalue weighted by molar-refractivity contribution is -0.0976. The Balaban J connectivity index is 1.25. The highest BCUT2D eigenvalue weighted by Gasteiger charge is 2.48. The number of aromatic nitrogens is 4. The van der Waals surface area contributed by atoms with E-state index in [-0.39, 0.29) is 19.4 Å². The third kappa shape index (κ3) is 9.14. The highest BCUT2D eigenvalue weighted by molar-refractivity contribution is 8.54. The molecule has 5 aromatic rings. The molecule has 2 saturated heterocycles. The number of hydrogen-bond donors (Lipinski definition) is 2. The fraction of sp³-hybridized carbons (Fsp3) is 0.395. The standard InChI is InChI=1S/C43H49N4O12PS/c1-7-33-35(22-38(56-33)47-24-27(3)40(49)45-42(47)51)59-60(52,61-6)55-25-36-34(21-37(57-36)46-23-26(2)39(48)44-41(46)50)58-43(28-11-9-8-10-12-28,29-13-17-31(53-4)18-14-29)30-15-19-32(54-5)20-16-30/h8-20,23-24,33-38H,7,21-22,25H2,1-6H3,(H,44,48,50)(H,45,49,51)/t33-,34?,35?,36-,37-,38-,60?/m1/s1. The summed E-state index contributed by atoms with van der Waals surface area (Å²) in [6.45, 7) is 0.796.